The van der Waals surface area contributed by atoms with E-state index in [0.717, 1.165) is 38.6 Å². The molecule has 5 heteroatoms. The van der Waals surface area contributed by atoms with E-state index in [2.05, 4.69) is 17.1 Å². The average molecular weight is 266 g/mol. The number of hydrogen-bond donors (Lipinski definition) is 0. The van der Waals surface area contributed by atoms with Crippen molar-refractivity contribution in [2.45, 2.75) is 51.0 Å². The third-order valence-corrected chi connectivity index (χ3v) is 3.98. The lowest BCUT2D eigenvalue weighted by atomic mass is 9.85. The van der Waals surface area contributed by atoms with Gasteiger partial charge in [-0.05, 0) is 19.3 Å². The van der Waals surface area contributed by atoms with Crippen LogP contribution in [-0.4, -0.2) is 30.0 Å². The predicted molar refractivity (Wildman–Crippen MR) is 68.8 cm³/mol. The molecular formula is C14H22N2O3. The van der Waals surface area contributed by atoms with E-state index in [1.165, 1.54) is 19.3 Å². The van der Waals surface area contributed by atoms with Crippen molar-refractivity contribution in [2.24, 2.45) is 5.92 Å². The molecule has 0 aromatic carbocycles. The molecule has 1 unspecified atom stereocenters. The van der Waals surface area contributed by atoms with Gasteiger partial charge in [0.25, 0.3) is 0 Å². The van der Waals surface area contributed by atoms with E-state index in [1.807, 2.05) is 0 Å². The first-order valence-corrected chi connectivity index (χ1v) is 7.39. The van der Waals surface area contributed by atoms with Gasteiger partial charge in [-0.15, -0.1) is 10.2 Å². The Bertz CT molecular complexity index is 399. The van der Waals surface area contributed by atoms with Crippen LogP contribution in [0.15, 0.2) is 4.42 Å². The molecule has 1 aliphatic heterocycles. The molecule has 1 saturated carbocycles. The van der Waals surface area contributed by atoms with Gasteiger partial charge in [0, 0.05) is 11.8 Å². The highest BCUT2D eigenvalue weighted by Gasteiger charge is 2.28. The van der Waals surface area contributed by atoms with Crippen LogP contribution in [0.2, 0.25) is 0 Å². The molecule has 1 atom stereocenters. The minimum absolute atomic E-state index is 0.0491. The zero-order valence-electron chi connectivity index (χ0n) is 11.5. The van der Waals surface area contributed by atoms with Crippen molar-refractivity contribution in [3.63, 3.8) is 0 Å². The highest BCUT2D eigenvalue weighted by molar-refractivity contribution is 4.97. The first-order chi connectivity index (χ1) is 9.36. The van der Waals surface area contributed by atoms with E-state index in [9.17, 15) is 0 Å². The van der Waals surface area contributed by atoms with Gasteiger partial charge in [0.05, 0.1) is 19.8 Å². The summed E-state index contributed by atoms with van der Waals surface area (Å²) in [4.78, 5) is 0. The molecule has 1 aromatic rings. The van der Waals surface area contributed by atoms with Gasteiger partial charge < -0.3 is 13.9 Å². The van der Waals surface area contributed by atoms with Gasteiger partial charge in [0.1, 0.15) is 6.10 Å². The Balaban J connectivity index is 1.58. The van der Waals surface area contributed by atoms with E-state index in [1.54, 1.807) is 0 Å². The SMILES string of the molecule is CCCC(OCC1COC1)c1nnc(C2CCC2)o1. The number of rotatable bonds is 7. The second-order valence-electron chi connectivity index (χ2n) is 5.62. The Morgan fingerprint density at radius 3 is 2.74 bits per heavy atom. The number of nitrogens with zero attached hydrogens (tertiary/aromatic N) is 2. The Hall–Kier alpha value is -0.940. The van der Waals surface area contributed by atoms with Crippen LogP contribution in [0.25, 0.3) is 0 Å². The summed E-state index contributed by atoms with van der Waals surface area (Å²) in [5.41, 5.74) is 0. The quantitative estimate of drug-likeness (QED) is 0.759. The Morgan fingerprint density at radius 2 is 2.16 bits per heavy atom. The van der Waals surface area contributed by atoms with Crippen molar-refractivity contribution >= 4 is 0 Å². The number of aromatic nitrogens is 2. The van der Waals surface area contributed by atoms with Crippen molar-refractivity contribution < 1.29 is 13.9 Å². The van der Waals surface area contributed by atoms with Crippen LogP contribution in [-0.2, 0) is 9.47 Å². The highest BCUT2D eigenvalue weighted by Crippen LogP contribution is 2.36. The second-order valence-corrected chi connectivity index (χ2v) is 5.62. The third kappa shape index (κ3) is 2.98. The van der Waals surface area contributed by atoms with Crippen molar-refractivity contribution in [1.82, 2.24) is 10.2 Å². The van der Waals surface area contributed by atoms with Gasteiger partial charge >= 0.3 is 0 Å². The van der Waals surface area contributed by atoms with Gasteiger partial charge in [-0.3, -0.25) is 0 Å². The minimum atomic E-state index is -0.0491. The first-order valence-electron chi connectivity index (χ1n) is 7.39. The summed E-state index contributed by atoms with van der Waals surface area (Å²) in [6, 6.07) is 0. The molecule has 0 radical (unpaired) electrons. The topological polar surface area (TPSA) is 57.4 Å². The molecule has 0 spiro atoms. The Kier molecular flexibility index (Phi) is 4.13. The molecule has 19 heavy (non-hydrogen) atoms. The van der Waals surface area contributed by atoms with Crippen LogP contribution in [0.4, 0.5) is 0 Å². The fourth-order valence-corrected chi connectivity index (χ4v) is 2.37. The van der Waals surface area contributed by atoms with Gasteiger partial charge in [0.2, 0.25) is 11.8 Å². The molecular weight excluding hydrogens is 244 g/mol. The van der Waals surface area contributed by atoms with Crippen molar-refractivity contribution in [2.75, 3.05) is 19.8 Å². The first kappa shape index (κ1) is 13.1. The maximum Gasteiger partial charge on any atom is 0.245 e. The largest absolute Gasteiger partial charge is 0.422 e. The zero-order valence-corrected chi connectivity index (χ0v) is 11.5. The smallest absolute Gasteiger partial charge is 0.245 e. The zero-order chi connectivity index (χ0) is 13.1. The maximum absolute atomic E-state index is 5.94. The van der Waals surface area contributed by atoms with Gasteiger partial charge in [-0.25, -0.2) is 0 Å². The van der Waals surface area contributed by atoms with E-state index in [0.29, 0.717) is 17.7 Å². The van der Waals surface area contributed by atoms with Crippen LogP contribution in [0.5, 0.6) is 0 Å². The fourth-order valence-electron chi connectivity index (χ4n) is 2.37. The molecule has 1 saturated heterocycles. The predicted octanol–water partition coefficient (Wildman–Crippen LogP) is 2.84. The summed E-state index contributed by atoms with van der Waals surface area (Å²) in [5.74, 6) is 2.49. The normalized spacial score (nSPS) is 21.9. The molecule has 5 nitrogen and oxygen atoms in total. The molecule has 0 amide bonds. The van der Waals surface area contributed by atoms with Crippen LogP contribution >= 0.6 is 0 Å². The Labute approximate surface area is 113 Å². The maximum atomic E-state index is 5.94. The summed E-state index contributed by atoms with van der Waals surface area (Å²) in [5, 5.41) is 8.37. The van der Waals surface area contributed by atoms with Crippen molar-refractivity contribution in [3.8, 4) is 0 Å². The lowest BCUT2D eigenvalue weighted by Crippen LogP contribution is -2.32. The molecule has 1 aromatic heterocycles. The molecule has 1 aliphatic carbocycles. The standard InChI is InChI=1S/C14H22N2O3/c1-2-4-12(18-9-10-7-17-8-10)14-16-15-13(19-14)11-5-3-6-11/h10-12H,2-9H2,1H3. The molecule has 0 bridgehead atoms. The average Bonchev–Trinajstić information content (AvgIpc) is 2.72. The van der Waals surface area contributed by atoms with Crippen LogP contribution in [0.1, 0.15) is 62.8 Å². The summed E-state index contributed by atoms with van der Waals surface area (Å²) in [7, 11) is 0. The number of hydrogen-bond acceptors (Lipinski definition) is 5. The van der Waals surface area contributed by atoms with Crippen LogP contribution in [0.3, 0.4) is 0 Å². The number of ether oxygens (including phenoxy) is 2. The van der Waals surface area contributed by atoms with Crippen molar-refractivity contribution in [1.29, 1.82) is 0 Å². The van der Waals surface area contributed by atoms with E-state index in [-0.39, 0.29) is 6.10 Å². The van der Waals surface area contributed by atoms with E-state index in [4.69, 9.17) is 13.9 Å². The molecule has 106 valence electrons. The molecule has 2 fully saturated rings. The summed E-state index contributed by atoms with van der Waals surface area (Å²) < 4.78 is 16.9. The highest BCUT2D eigenvalue weighted by atomic mass is 16.5. The third-order valence-electron chi connectivity index (χ3n) is 3.98. The van der Waals surface area contributed by atoms with E-state index < -0.39 is 0 Å². The van der Waals surface area contributed by atoms with E-state index >= 15 is 0 Å². The van der Waals surface area contributed by atoms with Gasteiger partial charge in [0.15, 0.2) is 0 Å². The molecule has 0 N–H and O–H groups in total. The summed E-state index contributed by atoms with van der Waals surface area (Å²) >= 11 is 0. The van der Waals surface area contributed by atoms with Crippen molar-refractivity contribution in [3.05, 3.63) is 11.8 Å². The van der Waals surface area contributed by atoms with Gasteiger partial charge in [-0.2, -0.15) is 0 Å². The van der Waals surface area contributed by atoms with Crippen LogP contribution in [0, 0.1) is 5.92 Å². The summed E-state index contributed by atoms with van der Waals surface area (Å²) in [6.07, 6.45) is 5.57. The van der Waals surface area contributed by atoms with Gasteiger partial charge in [-0.1, -0.05) is 19.8 Å². The fraction of sp³-hybridized carbons (Fsp3) is 0.857. The molecule has 2 heterocycles. The summed E-state index contributed by atoms with van der Waals surface area (Å²) in [6.45, 7) is 4.50. The Morgan fingerprint density at radius 1 is 1.32 bits per heavy atom. The minimum Gasteiger partial charge on any atom is -0.422 e. The lowest BCUT2D eigenvalue weighted by molar-refractivity contribution is -0.0933. The molecule has 3 rings (SSSR count). The van der Waals surface area contributed by atoms with Crippen LogP contribution < -0.4 is 0 Å². The lowest BCUT2D eigenvalue weighted by Gasteiger charge is -2.27. The molecule has 2 aliphatic rings. The second kappa shape index (κ2) is 6.01. The monoisotopic (exact) mass is 266 g/mol.